The van der Waals surface area contributed by atoms with Gasteiger partial charge < -0.3 is 10.1 Å². The lowest BCUT2D eigenvalue weighted by molar-refractivity contribution is -0.0651. The average molecular weight is 501 g/mol. The van der Waals surface area contributed by atoms with Crippen molar-refractivity contribution in [2.45, 2.75) is 64.7 Å². The number of rotatable bonds is 6. The first-order valence-corrected chi connectivity index (χ1v) is 11.3. The van der Waals surface area contributed by atoms with Gasteiger partial charge in [0.05, 0.1) is 12.7 Å². The molecule has 184 valence electrons. The molecule has 3 atom stereocenters. The van der Waals surface area contributed by atoms with Crippen molar-refractivity contribution in [2.24, 2.45) is 5.41 Å². The lowest BCUT2D eigenvalue weighted by atomic mass is 9.51. The summed E-state index contributed by atoms with van der Waals surface area (Å²) in [6.45, 7) is 10.9. The second kappa shape index (κ2) is 10.5. The van der Waals surface area contributed by atoms with E-state index in [0.29, 0.717) is 6.04 Å². The fourth-order valence-corrected chi connectivity index (χ4v) is 5.78. The number of fused-ring (bicyclic) bond motifs is 4. The molecule has 1 fully saturated rings. The lowest BCUT2D eigenvalue weighted by Crippen LogP contribution is -2.64. The van der Waals surface area contributed by atoms with Crippen LogP contribution in [-0.4, -0.2) is 37.2 Å². The number of halogens is 4. The van der Waals surface area contributed by atoms with Crippen molar-refractivity contribution in [3.8, 4) is 0 Å². The summed E-state index contributed by atoms with van der Waals surface area (Å²) >= 11 is 0. The molecule has 3 nitrogen and oxygen atoms in total. The normalized spacial score (nSPS) is 24.2. The number of ether oxygens (including phenoxy) is 1. The van der Waals surface area contributed by atoms with Crippen LogP contribution in [0.25, 0.3) is 0 Å². The van der Waals surface area contributed by atoms with E-state index in [9.17, 15) is 8.78 Å². The van der Waals surface area contributed by atoms with E-state index in [1.54, 1.807) is 0 Å². The van der Waals surface area contributed by atoms with E-state index in [1.165, 1.54) is 35.0 Å². The maximum Gasteiger partial charge on any atom is 0.131 e. The first-order chi connectivity index (χ1) is 14.7. The predicted octanol–water partition coefficient (Wildman–Crippen LogP) is 6.37. The topological polar surface area (TPSA) is 24.5 Å². The Kier molecular flexibility index (Phi) is 8.83. The van der Waals surface area contributed by atoms with Crippen LogP contribution in [0.1, 0.15) is 50.8 Å². The van der Waals surface area contributed by atoms with Crippen molar-refractivity contribution in [1.29, 1.82) is 0 Å². The number of likely N-dealkylation sites (tertiary alicyclic amines) is 1. The summed E-state index contributed by atoms with van der Waals surface area (Å²) < 4.78 is 33.8. The number of hydrogen-bond donors (Lipinski definition) is 1. The number of nitrogens with zero attached hydrogens (tertiary/aromatic N) is 1. The second-order valence-electron chi connectivity index (χ2n) is 9.92. The van der Waals surface area contributed by atoms with E-state index >= 15 is 0 Å². The van der Waals surface area contributed by atoms with Gasteiger partial charge in [0.25, 0.3) is 0 Å². The van der Waals surface area contributed by atoms with Crippen molar-refractivity contribution in [3.05, 3.63) is 64.7 Å². The molecule has 0 saturated carbocycles. The summed E-state index contributed by atoms with van der Waals surface area (Å²) in [5.74, 6) is -1.10. The Bertz CT molecular complexity index is 951. The van der Waals surface area contributed by atoms with Crippen molar-refractivity contribution < 1.29 is 13.5 Å². The van der Waals surface area contributed by atoms with Gasteiger partial charge in [-0.05, 0) is 61.1 Å². The van der Waals surface area contributed by atoms with Crippen LogP contribution in [0, 0.1) is 17.0 Å². The summed E-state index contributed by atoms with van der Waals surface area (Å²) in [5, 5.41) is 3.38. The summed E-state index contributed by atoms with van der Waals surface area (Å²) in [6.07, 6.45) is 1.94. The molecule has 0 radical (unpaired) electrons. The van der Waals surface area contributed by atoms with Gasteiger partial charge in [0.15, 0.2) is 0 Å². The van der Waals surface area contributed by atoms with Gasteiger partial charge in [-0.15, -0.1) is 24.8 Å². The number of anilines is 1. The number of benzene rings is 2. The quantitative estimate of drug-likeness (QED) is 0.498. The lowest BCUT2D eigenvalue weighted by Gasteiger charge is -2.61. The number of nitrogens with one attached hydrogen (secondary N) is 1. The van der Waals surface area contributed by atoms with Gasteiger partial charge in [-0.1, -0.05) is 39.0 Å². The minimum absolute atomic E-state index is 0. The highest BCUT2D eigenvalue weighted by Crippen LogP contribution is 2.56. The molecular weight excluding hydrogens is 465 g/mol. The minimum atomic E-state index is -0.550. The van der Waals surface area contributed by atoms with Gasteiger partial charge in [-0.3, -0.25) is 4.90 Å². The van der Waals surface area contributed by atoms with E-state index in [1.807, 2.05) is 14.0 Å². The van der Waals surface area contributed by atoms with Gasteiger partial charge in [-0.25, -0.2) is 8.78 Å². The molecule has 1 aliphatic carbocycles. The number of piperidine rings is 1. The Hall–Kier alpha value is -1.40. The number of hydrogen-bond acceptors (Lipinski definition) is 3. The smallest absolute Gasteiger partial charge is 0.131 e. The van der Waals surface area contributed by atoms with E-state index in [4.69, 9.17) is 4.74 Å². The molecule has 7 heteroatoms. The Labute approximate surface area is 209 Å². The minimum Gasteiger partial charge on any atom is -0.388 e. The van der Waals surface area contributed by atoms with Crippen LogP contribution in [0.2, 0.25) is 0 Å². The zero-order valence-corrected chi connectivity index (χ0v) is 21.7. The summed E-state index contributed by atoms with van der Waals surface area (Å²) in [7, 11) is 1.99. The van der Waals surface area contributed by atoms with Crippen LogP contribution in [0.5, 0.6) is 0 Å². The highest BCUT2D eigenvalue weighted by molar-refractivity contribution is 5.85. The standard InChI is InChI=1S/C26H34F2N2O.2ClH/c1-17(31-16-19-21(27)9-7-10-22(19)28)15-30-13-12-26(4)20-8-6-11-23(29-5)18(20)14-24(30)25(26,2)3;;/h6-11,17,24,29H,12-16H2,1-5H3;2*1H. The summed E-state index contributed by atoms with van der Waals surface area (Å²) in [5.41, 5.74) is 4.32. The molecule has 4 rings (SSSR count). The van der Waals surface area contributed by atoms with Crippen molar-refractivity contribution in [3.63, 3.8) is 0 Å². The molecule has 2 aromatic rings. The zero-order valence-electron chi connectivity index (χ0n) is 20.1. The molecule has 2 bridgehead atoms. The summed E-state index contributed by atoms with van der Waals surface area (Å²) in [4.78, 5) is 2.53. The maximum atomic E-state index is 13.9. The van der Waals surface area contributed by atoms with Crippen LogP contribution in [0.4, 0.5) is 14.5 Å². The molecule has 1 saturated heterocycles. The molecule has 0 aromatic heterocycles. The molecule has 0 spiro atoms. The molecule has 1 aliphatic heterocycles. The van der Waals surface area contributed by atoms with Crippen LogP contribution in [0.15, 0.2) is 36.4 Å². The van der Waals surface area contributed by atoms with Gasteiger partial charge in [-0.2, -0.15) is 0 Å². The van der Waals surface area contributed by atoms with Gasteiger partial charge in [0.2, 0.25) is 0 Å². The van der Waals surface area contributed by atoms with E-state index < -0.39 is 11.6 Å². The average Bonchev–Trinajstić information content (AvgIpc) is 2.72. The monoisotopic (exact) mass is 500 g/mol. The third-order valence-corrected chi connectivity index (χ3v) is 8.10. The fourth-order valence-electron chi connectivity index (χ4n) is 5.78. The van der Waals surface area contributed by atoms with E-state index in [-0.39, 0.29) is 53.9 Å². The van der Waals surface area contributed by atoms with Crippen molar-refractivity contribution >= 4 is 30.5 Å². The van der Waals surface area contributed by atoms with Crippen LogP contribution in [0.3, 0.4) is 0 Å². The van der Waals surface area contributed by atoms with Gasteiger partial charge in [0.1, 0.15) is 11.6 Å². The third kappa shape index (κ3) is 4.75. The Morgan fingerprint density at radius 3 is 2.36 bits per heavy atom. The van der Waals surface area contributed by atoms with Crippen LogP contribution < -0.4 is 5.32 Å². The first-order valence-electron chi connectivity index (χ1n) is 11.3. The Balaban J connectivity index is 0.00000193. The molecule has 0 amide bonds. The largest absolute Gasteiger partial charge is 0.388 e. The molecular formula is C26H36Cl2F2N2O. The van der Waals surface area contributed by atoms with E-state index in [2.05, 4.69) is 49.2 Å². The molecule has 1 N–H and O–H groups in total. The molecule has 3 unspecified atom stereocenters. The molecule has 33 heavy (non-hydrogen) atoms. The van der Waals surface area contributed by atoms with Gasteiger partial charge in [0, 0.05) is 36.3 Å². The Morgan fingerprint density at radius 1 is 1.09 bits per heavy atom. The second-order valence-corrected chi connectivity index (χ2v) is 9.92. The van der Waals surface area contributed by atoms with Gasteiger partial charge >= 0.3 is 0 Å². The molecule has 2 aromatic carbocycles. The highest BCUT2D eigenvalue weighted by atomic mass is 35.5. The summed E-state index contributed by atoms with van der Waals surface area (Å²) in [6, 6.07) is 10.9. The fraction of sp³-hybridized carbons (Fsp3) is 0.538. The molecule has 1 heterocycles. The van der Waals surface area contributed by atoms with Crippen molar-refractivity contribution in [1.82, 2.24) is 4.90 Å². The van der Waals surface area contributed by atoms with E-state index in [0.717, 1.165) is 25.9 Å². The SMILES string of the molecule is CNc1cccc2c1CC1N(CC(C)OCc3c(F)cccc3F)CCC2(C)C1(C)C.Cl.Cl. The molecule has 2 aliphatic rings. The maximum absolute atomic E-state index is 13.9. The first kappa shape index (κ1) is 27.8. The van der Waals surface area contributed by atoms with Crippen LogP contribution >= 0.6 is 24.8 Å². The van der Waals surface area contributed by atoms with Crippen LogP contribution in [-0.2, 0) is 23.2 Å². The predicted molar refractivity (Wildman–Crippen MR) is 136 cm³/mol. The highest BCUT2D eigenvalue weighted by Gasteiger charge is 2.56. The third-order valence-electron chi connectivity index (χ3n) is 8.10. The van der Waals surface area contributed by atoms with Crippen molar-refractivity contribution in [2.75, 3.05) is 25.5 Å². The zero-order chi connectivity index (χ0) is 22.4. The Morgan fingerprint density at radius 2 is 1.73 bits per heavy atom.